The summed E-state index contributed by atoms with van der Waals surface area (Å²) in [4.78, 5) is 30.5. The summed E-state index contributed by atoms with van der Waals surface area (Å²) in [5, 5.41) is 4.01. The monoisotopic (exact) mass is 367 g/mol. The fourth-order valence-electron chi connectivity index (χ4n) is 3.36. The molecule has 4 rings (SSSR count). The molecule has 1 aromatic heterocycles. The maximum Gasteiger partial charge on any atom is 0.238 e. The molecule has 0 saturated heterocycles. The summed E-state index contributed by atoms with van der Waals surface area (Å²) in [6.07, 6.45) is 0.710. The van der Waals surface area contributed by atoms with Crippen molar-refractivity contribution < 1.29 is 4.79 Å². The fourth-order valence-corrected chi connectivity index (χ4v) is 3.54. The van der Waals surface area contributed by atoms with E-state index in [0.29, 0.717) is 23.4 Å². The highest BCUT2D eigenvalue weighted by Crippen LogP contribution is 2.20. The van der Waals surface area contributed by atoms with Crippen molar-refractivity contribution >= 4 is 34.1 Å². The molecule has 0 atom stereocenters. The number of nitrogens with one attached hydrogen (secondary N) is 2. The average Bonchev–Trinajstić information content (AvgIpc) is 2.64. The molecule has 2 N–H and O–H groups in total. The van der Waals surface area contributed by atoms with Crippen LogP contribution in [-0.4, -0.2) is 28.9 Å². The molecule has 0 radical (unpaired) electrons. The summed E-state index contributed by atoms with van der Waals surface area (Å²) in [5.74, 6) is -0.0834. The van der Waals surface area contributed by atoms with Gasteiger partial charge in [-0.15, -0.1) is 0 Å². The minimum atomic E-state index is -0.0834. The van der Waals surface area contributed by atoms with Crippen LogP contribution in [0.5, 0.6) is 0 Å². The van der Waals surface area contributed by atoms with Gasteiger partial charge in [-0.05, 0) is 30.3 Å². The highest BCUT2D eigenvalue weighted by atomic mass is 35.5. The smallest absolute Gasteiger partial charge is 0.238 e. The van der Waals surface area contributed by atoms with Gasteiger partial charge in [-0.25, -0.2) is 0 Å². The average molecular weight is 368 g/mol. The van der Waals surface area contributed by atoms with E-state index in [4.69, 9.17) is 11.6 Å². The number of carbonyl (C=O) groups excluding carboxylic acids is 1. The normalized spacial score (nSPS) is 14.2. The van der Waals surface area contributed by atoms with Gasteiger partial charge in [0, 0.05) is 52.4 Å². The third-order valence-corrected chi connectivity index (χ3v) is 4.87. The molecule has 2 aromatic carbocycles. The van der Waals surface area contributed by atoms with Crippen LogP contribution in [0.1, 0.15) is 11.3 Å². The summed E-state index contributed by atoms with van der Waals surface area (Å²) >= 11 is 6.03. The lowest BCUT2D eigenvalue weighted by atomic mass is 10.0. The van der Waals surface area contributed by atoms with Crippen molar-refractivity contribution in [3.05, 3.63) is 75.0 Å². The minimum absolute atomic E-state index is 0.00980. The number of fused-ring (bicyclic) bond motifs is 2. The fraction of sp³-hybridized carbons (Fsp3) is 0.200. The quantitative estimate of drug-likeness (QED) is 0.747. The van der Waals surface area contributed by atoms with Gasteiger partial charge in [-0.3, -0.25) is 14.5 Å². The van der Waals surface area contributed by atoms with E-state index in [9.17, 15) is 9.59 Å². The van der Waals surface area contributed by atoms with E-state index in [1.165, 1.54) is 0 Å². The zero-order valence-electron chi connectivity index (χ0n) is 14.1. The molecule has 2 heterocycles. The second-order valence-corrected chi connectivity index (χ2v) is 6.91. The van der Waals surface area contributed by atoms with Crippen molar-refractivity contribution in [2.75, 3.05) is 18.4 Å². The van der Waals surface area contributed by atoms with Gasteiger partial charge in [0.25, 0.3) is 0 Å². The first kappa shape index (κ1) is 16.8. The molecule has 1 amide bonds. The van der Waals surface area contributed by atoms with Gasteiger partial charge in [-0.2, -0.15) is 0 Å². The maximum absolute atomic E-state index is 12.8. The highest BCUT2D eigenvalue weighted by molar-refractivity contribution is 6.31. The molecule has 3 aromatic rings. The van der Waals surface area contributed by atoms with Crippen LogP contribution < -0.4 is 10.7 Å². The zero-order valence-corrected chi connectivity index (χ0v) is 14.8. The topological polar surface area (TPSA) is 65.2 Å². The Bertz CT molecular complexity index is 1030. The lowest BCUT2D eigenvalue weighted by Gasteiger charge is -2.27. The van der Waals surface area contributed by atoms with E-state index in [2.05, 4.69) is 10.3 Å². The van der Waals surface area contributed by atoms with Crippen molar-refractivity contribution in [1.82, 2.24) is 9.88 Å². The van der Waals surface area contributed by atoms with Crippen molar-refractivity contribution in [1.29, 1.82) is 0 Å². The molecular formula is C20H18ClN3O2. The Kier molecular flexibility index (Phi) is 4.49. The number of halogens is 1. The van der Waals surface area contributed by atoms with Gasteiger partial charge in [-0.1, -0.05) is 29.8 Å². The minimum Gasteiger partial charge on any atom is -0.358 e. The van der Waals surface area contributed by atoms with Crippen LogP contribution in [0.15, 0.2) is 53.3 Å². The van der Waals surface area contributed by atoms with E-state index in [0.717, 1.165) is 29.0 Å². The van der Waals surface area contributed by atoms with Crippen molar-refractivity contribution in [2.45, 2.75) is 13.0 Å². The second kappa shape index (κ2) is 6.94. The zero-order chi connectivity index (χ0) is 18.1. The van der Waals surface area contributed by atoms with E-state index in [-0.39, 0.29) is 17.9 Å². The molecule has 0 aliphatic carbocycles. The van der Waals surface area contributed by atoms with E-state index < -0.39 is 0 Å². The maximum atomic E-state index is 12.8. The predicted molar refractivity (Wildman–Crippen MR) is 104 cm³/mol. The molecule has 0 unspecified atom stereocenters. The first-order valence-corrected chi connectivity index (χ1v) is 8.88. The summed E-state index contributed by atoms with van der Waals surface area (Å²) in [6, 6.07) is 14.7. The van der Waals surface area contributed by atoms with Gasteiger partial charge >= 0.3 is 0 Å². The first-order chi connectivity index (χ1) is 12.6. The lowest BCUT2D eigenvalue weighted by molar-refractivity contribution is -0.117. The number of pyridine rings is 1. The van der Waals surface area contributed by atoms with Crippen LogP contribution in [0.4, 0.5) is 5.69 Å². The molecule has 6 heteroatoms. The largest absolute Gasteiger partial charge is 0.358 e. The summed E-state index contributed by atoms with van der Waals surface area (Å²) in [6.45, 7) is 1.43. The number of H-pyrrole nitrogens is 1. The molecule has 1 aliphatic heterocycles. The van der Waals surface area contributed by atoms with Gasteiger partial charge in [0.1, 0.15) is 0 Å². The number of rotatable bonds is 3. The Morgan fingerprint density at radius 2 is 2.00 bits per heavy atom. The number of hydrogen-bond acceptors (Lipinski definition) is 3. The molecule has 0 saturated carbocycles. The number of anilines is 1. The molecule has 132 valence electrons. The third-order valence-electron chi connectivity index (χ3n) is 4.63. The molecule has 0 bridgehead atoms. The van der Waals surface area contributed by atoms with Crippen LogP contribution in [0.2, 0.25) is 5.02 Å². The molecule has 0 spiro atoms. The number of carbonyl (C=O) groups is 1. The summed E-state index contributed by atoms with van der Waals surface area (Å²) in [7, 11) is 0. The Balaban J connectivity index is 1.54. The molecule has 5 nitrogen and oxygen atoms in total. The van der Waals surface area contributed by atoms with Crippen LogP contribution in [0.25, 0.3) is 10.9 Å². The number of aromatic nitrogens is 1. The van der Waals surface area contributed by atoms with E-state index in [1.807, 2.05) is 41.3 Å². The number of amides is 1. The number of para-hydroxylation sites is 1. The number of nitrogens with zero attached hydrogens (tertiary/aromatic N) is 1. The predicted octanol–water partition coefficient (Wildman–Crippen LogP) is 3.18. The standard InChI is InChI=1S/C20H18ClN3O2/c21-13-6-7-17-15(10-13)20(26)16-11-24(9-8-18(16)23-17)12-19(25)22-14-4-2-1-3-5-14/h1-7,10H,8-9,11-12H2,(H,22,25)(H,23,26). The SMILES string of the molecule is O=C(CN1CCc2[nH]c3ccc(Cl)cc3c(=O)c2C1)Nc1ccccc1. The van der Waals surface area contributed by atoms with Gasteiger partial charge < -0.3 is 10.3 Å². The van der Waals surface area contributed by atoms with Crippen LogP contribution in [-0.2, 0) is 17.8 Å². The van der Waals surface area contributed by atoms with Crippen molar-refractivity contribution in [3.8, 4) is 0 Å². The van der Waals surface area contributed by atoms with Gasteiger partial charge in [0.15, 0.2) is 5.43 Å². The lowest BCUT2D eigenvalue weighted by Crippen LogP contribution is -2.39. The van der Waals surface area contributed by atoms with Crippen molar-refractivity contribution in [2.24, 2.45) is 0 Å². The Labute approximate surface area is 155 Å². The number of benzene rings is 2. The molecule has 26 heavy (non-hydrogen) atoms. The van der Waals surface area contributed by atoms with Crippen molar-refractivity contribution in [3.63, 3.8) is 0 Å². The Morgan fingerprint density at radius 3 is 2.81 bits per heavy atom. The van der Waals surface area contributed by atoms with E-state index in [1.54, 1.807) is 12.1 Å². The number of hydrogen-bond donors (Lipinski definition) is 2. The number of aromatic amines is 1. The van der Waals surface area contributed by atoms with Crippen LogP contribution >= 0.6 is 11.6 Å². The van der Waals surface area contributed by atoms with E-state index >= 15 is 0 Å². The molecular weight excluding hydrogens is 350 g/mol. The first-order valence-electron chi connectivity index (χ1n) is 8.51. The van der Waals surface area contributed by atoms with Gasteiger partial charge in [0.05, 0.1) is 6.54 Å². The highest BCUT2D eigenvalue weighted by Gasteiger charge is 2.22. The molecule has 0 fully saturated rings. The van der Waals surface area contributed by atoms with Gasteiger partial charge in [0.2, 0.25) is 5.91 Å². The second-order valence-electron chi connectivity index (χ2n) is 6.48. The Morgan fingerprint density at radius 1 is 1.19 bits per heavy atom. The Hall–Kier alpha value is -2.63. The summed E-state index contributed by atoms with van der Waals surface area (Å²) in [5.41, 5.74) is 3.23. The third kappa shape index (κ3) is 3.36. The van der Waals surface area contributed by atoms with Crippen LogP contribution in [0, 0.1) is 0 Å². The van der Waals surface area contributed by atoms with Crippen LogP contribution in [0.3, 0.4) is 0 Å². The summed E-state index contributed by atoms with van der Waals surface area (Å²) < 4.78 is 0. The molecule has 1 aliphatic rings.